The highest BCUT2D eigenvalue weighted by Gasteiger charge is 2.48. The van der Waals surface area contributed by atoms with Crippen LogP contribution in [0.2, 0.25) is 0 Å². The summed E-state index contributed by atoms with van der Waals surface area (Å²) in [5.74, 6) is 1.84. The first-order valence-electron chi connectivity index (χ1n) is 5.71. The van der Waals surface area contributed by atoms with Crippen LogP contribution in [0.4, 0.5) is 0 Å². The van der Waals surface area contributed by atoms with Crippen LogP contribution in [0.3, 0.4) is 0 Å². The Morgan fingerprint density at radius 2 is 2.31 bits per heavy atom. The van der Waals surface area contributed by atoms with Gasteiger partial charge in [-0.05, 0) is 31.1 Å². The van der Waals surface area contributed by atoms with Crippen LogP contribution < -0.4 is 0 Å². The maximum absolute atomic E-state index is 5.59. The summed E-state index contributed by atoms with van der Waals surface area (Å²) < 4.78 is 6.12. The van der Waals surface area contributed by atoms with Gasteiger partial charge in [-0.3, -0.25) is 0 Å². The molecule has 0 saturated carbocycles. The third-order valence-corrected chi connectivity index (χ3v) is 8.57. The molecular weight excluding hydrogens is 238 g/mol. The van der Waals surface area contributed by atoms with E-state index >= 15 is 0 Å². The highest BCUT2D eigenvalue weighted by atomic mass is 32.3. The van der Waals surface area contributed by atoms with Crippen molar-refractivity contribution in [3.63, 3.8) is 0 Å². The molecule has 0 bridgehead atoms. The highest BCUT2D eigenvalue weighted by molar-refractivity contribution is 8.44. The van der Waals surface area contributed by atoms with Crippen LogP contribution in [0.1, 0.15) is 24.6 Å². The van der Waals surface area contributed by atoms with Gasteiger partial charge in [-0.25, -0.2) is 0 Å². The molecule has 2 nitrogen and oxygen atoms in total. The minimum Gasteiger partial charge on any atom is -0.351 e. The Morgan fingerprint density at radius 1 is 1.56 bits per heavy atom. The Morgan fingerprint density at radius 3 is 3.00 bits per heavy atom. The van der Waals surface area contributed by atoms with Gasteiger partial charge in [0.15, 0.2) is 5.09 Å². The van der Waals surface area contributed by atoms with E-state index in [0.29, 0.717) is 10.5 Å². The minimum atomic E-state index is -0.762. The molecule has 16 heavy (non-hydrogen) atoms. The van der Waals surface area contributed by atoms with E-state index in [2.05, 4.69) is 43.1 Å². The smallest absolute Gasteiger partial charge is 0.180 e. The molecule has 1 fully saturated rings. The molecule has 1 aromatic rings. The molecule has 2 heterocycles. The summed E-state index contributed by atoms with van der Waals surface area (Å²) in [6, 6.07) is 0. The largest absolute Gasteiger partial charge is 0.351 e. The van der Waals surface area contributed by atoms with Gasteiger partial charge in [0.2, 0.25) is 0 Å². The quantitative estimate of drug-likeness (QED) is 0.615. The van der Waals surface area contributed by atoms with E-state index in [1.54, 1.807) is 0 Å². The molecule has 88 valence electrons. The zero-order valence-electron chi connectivity index (χ0n) is 9.64. The molecule has 1 aliphatic heterocycles. The fourth-order valence-corrected chi connectivity index (χ4v) is 5.93. The fraction of sp³-hybridized carbons (Fsp3) is 0.583. The Bertz CT molecular complexity index is 454. The molecule has 1 saturated heterocycles. The molecule has 0 radical (unpaired) electrons. The maximum Gasteiger partial charge on any atom is 0.180 e. The highest BCUT2D eigenvalue weighted by Crippen LogP contribution is 2.73. The monoisotopic (exact) mass is 255 g/mol. The zero-order chi connectivity index (χ0) is 11.3. The molecule has 0 amide bonds. The van der Waals surface area contributed by atoms with Gasteiger partial charge in [0.1, 0.15) is 5.69 Å². The van der Waals surface area contributed by atoms with Crippen molar-refractivity contribution >= 4 is 28.7 Å². The molecule has 3 unspecified atom stereocenters. The summed E-state index contributed by atoms with van der Waals surface area (Å²) in [7, 11) is -0.762. The molecule has 3 rings (SSSR count). The van der Waals surface area contributed by atoms with Gasteiger partial charge >= 0.3 is 0 Å². The van der Waals surface area contributed by atoms with E-state index in [4.69, 9.17) is 4.52 Å². The second kappa shape index (κ2) is 3.57. The lowest BCUT2D eigenvalue weighted by Crippen LogP contribution is -1.94. The van der Waals surface area contributed by atoms with Crippen molar-refractivity contribution in [2.24, 2.45) is 5.92 Å². The number of nitrogens with zero attached hydrogens (tertiary/aromatic N) is 1. The predicted molar refractivity (Wildman–Crippen MR) is 72.4 cm³/mol. The van der Waals surface area contributed by atoms with Gasteiger partial charge in [0, 0.05) is 15.9 Å². The normalized spacial score (nSPS) is 40.9. The molecule has 1 aromatic heterocycles. The topological polar surface area (TPSA) is 26.0 Å². The Balaban J connectivity index is 2.00. The standard InChI is InChI=1S/C12H17NOS2/c1-8-3-5-9-10(6-4-8)13-14-12(9)16(2)7-11(16)15/h4,6,8,11,15H,3,5,7H2,1-2H3. The lowest BCUT2D eigenvalue weighted by molar-refractivity contribution is 0.344. The fourth-order valence-electron chi connectivity index (χ4n) is 2.21. The van der Waals surface area contributed by atoms with Crippen LogP contribution in [0.15, 0.2) is 15.7 Å². The molecule has 0 aromatic carbocycles. The molecule has 0 spiro atoms. The minimum absolute atomic E-state index is 0.522. The number of allylic oxidation sites excluding steroid dienone is 1. The number of fused-ring (bicyclic) bond motifs is 1. The zero-order valence-corrected chi connectivity index (χ0v) is 11.4. The van der Waals surface area contributed by atoms with Gasteiger partial charge in [-0.15, -0.1) is 0 Å². The van der Waals surface area contributed by atoms with Gasteiger partial charge in [0.05, 0.1) is 0 Å². The van der Waals surface area contributed by atoms with Crippen molar-refractivity contribution in [3.8, 4) is 0 Å². The van der Waals surface area contributed by atoms with Crippen LogP contribution >= 0.6 is 22.7 Å². The molecular formula is C12H17NOS2. The van der Waals surface area contributed by atoms with E-state index in [-0.39, 0.29) is 0 Å². The average molecular weight is 255 g/mol. The Kier molecular flexibility index (Phi) is 2.41. The van der Waals surface area contributed by atoms with Crippen molar-refractivity contribution < 1.29 is 4.52 Å². The summed E-state index contributed by atoms with van der Waals surface area (Å²) in [5, 5.41) is 5.38. The summed E-state index contributed by atoms with van der Waals surface area (Å²) in [6.07, 6.45) is 8.97. The van der Waals surface area contributed by atoms with Crippen LogP contribution in [0.25, 0.3) is 6.08 Å². The summed E-state index contributed by atoms with van der Waals surface area (Å²) in [6.45, 7) is 2.26. The third kappa shape index (κ3) is 1.54. The maximum atomic E-state index is 5.59. The first-order chi connectivity index (χ1) is 7.61. The van der Waals surface area contributed by atoms with E-state index in [1.165, 1.54) is 22.8 Å². The van der Waals surface area contributed by atoms with Crippen molar-refractivity contribution in [1.29, 1.82) is 0 Å². The molecule has 3 atom stereocenters. The first kappa shape index (κ1) is 10.8. The molecule has 1 aliphatic carbocycles. The summed E-state index contributed by atoms with van der Waals surface area (Å²) >= 11 is 4.59. The van der Waals surface area contributed by atoms with Crippen molar-refractivity contribution in [2.75, 3.05) is 12.0 Å². The van der Waals surface area contributed by atoms with Gasteiger partial charge in [0.25, 0.3) is 0 Å². The number of hydrogen-bond donors (Lipinski definition) is 1. The van der Waals surface area contributed by atoms with Gasteiger partial charge in [-0.1, -0.05) is 18.2 Å². The predicted octanol–water partition coefficient (Wildman–Crippen LogP) is 3.33. The van der Waals surface area contributed by atoms with E-state index in [9.17, 15) is 0 Å². The van der Waals surface area contributed by atoms with Crippen molar-refractivity contribution in [2.45, 2.75) is 29.4 Å². The van der Waals surface area contributed by atoms with Crippen LogP contribution in [0, 0.1) is 5.92 Å². The van der Waals surface area contributed by atoms with Crippen molar-refractivity contribution in [3.05, 3.63) is 17.3 Å². The number of rotatable bonds is 1. The average Bonchev–Trinajstić information content (AvgIpc) is 2.74. The van der Waals surface area contributed by atoms with Crippen LogP contribution in [-0.2, 0) is 6.42 Å². The van der Waals surface area contributed by atoms with Gasteiger partial charge in [-0.2, -0.15) is 22.7 Å². The second-order valence-electron chi connectivity index (χ2n) is 4.99. The Hall–Kier alpha value is -0.350. The molecule has 0 N–H and O–H groups in total. The third-order valence-electron chi connectivity index (χ3n) is 3.61. The van der Waals surface area contributed by atoms with Crippen LogP contribution in [-0.4, -0.2) is 21.7 Å². The van der Waals surface area contributed by atoms with E-state index in [0.717, 1.165) is 12.1 Å². The summed E-state index contributed by atoms with van der Waals surface area (Å²) in [4.78, 5) is 0. The number of thiol groups is 1. The van der Waals surface area contributed by atoms with Crippen LogP contribution in [0.5, 0.6) is 0 Å². The lowest BCUT2D eigenvalue weighted by Gasteiger charge is -2.13. The number of hydrogen-bond acceptors (Lipinski definition) is 3. The Labute approximate surface area is 103 Å². The second-order valence-corrected chi connectivity index (χ2v) is 9.55. The SMILES string of the molecule is CC1C=Cc2noc(S3(C)CC3S)c2CC1. The number of aromatic nitrogens is 1. The van der Waals surface area contributed by atoms with E-state index < -0.39 is 10.0 Å². The lowest BCUT2D eigenvalue weighted by atomic mass is 10.1. The first-order valence-corrected chi connectivity index (χ1v) is 8.50. The molecule has 2 aliphatic rings. The van der Waals surface area contributed by atoms with Crippen molar-refractivity contribution in [1.82, 2.24) is 5.16 Å². The molecule has 4 heteroatoms. The van der Waals surface area contributed by atoms with Gasteiger partial charge < -0.3 is 4.52 Å². The van der Waals surface area contributed by atoms with E-state index in [1.807, 2.05) is 0 Å². The summed E-state index contributed by atoms with van der Waals surface area (Å²) in [5.41, 5.74) is 2.41.